The van der Waals surface area contributed by atoms with Crippen LogP contribution in [0.25, 0.3) is 0 Å². The summed E-state index contributed by atoms with van der Waals surface area (Å²) in [6.07, 6.45) is -1.91. The number of fused-ring (bicyclic) bond motifs is 1. The highest BCUT2D eigenvalue weighted by atomic mass is 32.2. The lowest BCUT2D eigenvalue weighted by Crippen LogP contribution is -2.33. The average molecular weight is 486 g/mol. The topological polar surface area (TPSA) is 59.3 Å². The first-order chi connectivity index (χ1) is 16.2. The van der Waals surface area contributed by atoms with Crippen LogP contribution in [0.5, 0.6) is 0 Å². The van der Waals surface area contributed by atoms with Crippen LogP contribution >= 0.6 is 11.8 Å². The minimum absolute atomic E-state index is 0.195. The molecule has 1 unspecified atom stereocenters. The molecular formula is C26H22F3NO3S. The van der Waals surface area contributed by atoms with E-state index >= 15 is 0 Å². The second-order valence-electron chi connectivity index (χ2n) is 8.87. The minimum Gasteiger partial charge on any atom is -0.480 e. The maximum absolute atomic E-state index is 13.2. The van der Waals surface area contributed by atoms with Crippen molar-refractivity contribution >= 4 is 17.7 Å². The van der Waals surface area contributed by atoms with E-state index in [4.69, 9.17) is 0 Å². The maximum atomic E-state index is 13.2. The quantitative estimate of drug-likeness (QED) is 0.488. The van der Waals surface area contributed by atoms with Crippen LogP contribution in [0.1, 0.15) is 52.6 Å². The number of nitrogens with zero attached hydrogens (tertiary/aromatic N) is 1. The Morgan fingerprint density at radius 2 is 1.74 bits per heavy atom. The highest BCUT2D eigenvalue weighted by molar-refractivity contribution is 8.00. The molecule has 176 valence electrons. The Kier molecular flexibility index (Phi) is 5.80. The van der Waals surface area contributed by atoms with Crippen molar-refractivity contribution in [2.24, 2.45) is 0 Å². The van der Waals surface area contributed by atoms with E-state index in [0.717, 1.165) is 36.1 Å². The van der Waals surface area contributed by atoms with Gasteiger partial charge in [0.05, 0.1) is 10.6 Å². The van der Waals surface area contributed by atoms with Crippen molar-refractivity contribution < 1.29 is 23.1 Å². The molecule has 0 amide bonds. The molecule has 2 atom stereocenters. The summed E-state index contributed by atoms with van der Waals surface area (Å²) in [5, 5.41) is 10.3. The molecule has 1 N–H and O–H groups in total. The molecule has 1 aromatic heterocycles. The lowest BCUT2D eigenvalue weighted by molar-refractivity contribution is -0.141. The Morgan fingerprint density at radius 1 is 1.03 bits per heavy atom. The van der Waals surface area contributed by atoms with Crippen molar-refractivity contribution in [3.8, 4) is 0 Å². The van der Waals surface area contributed by atoms with Gasteiger partial charge < -0.3 is 5.11 Å². The molecule has 0 spiro atoms. The summed E-state index contributed by atoms with van der Waals surface area (Å²) >= 11 is 1.41. The van der Waals surface area contributed by atoms with E-state index in [9.17, 15) is 27.9 Å². The van der Waals surface area contributed by atoms with Gasteiger partial charge in [-0.2, -0.15) is 13.2 Å². The normalized spacial score (nSPS) is 19.7. The maximum Gasteiger partial charge on any atom is 0.416 e. The Balaban J connectivity index is 1.56. The van der Waals surface area contributed by atoms with Gasteiger partial charge in [0.15, 0.2) is 0 Å². The van der Waals surface area contributed by atoms with Gasteiger partial charge in [-0.15, -0.1) is 11.8 Å². The number of hydrogen-bond donors (Lipinski definition) is 1. The summed E-state index contributed by atoms with van der Waals surface area (Å²) in [6.45, 7) is 0. The number of aliphatic carboxylic acids is 1. The summed E-state index contributed by atoms with van der Waals surface area (Å²) in [4.78, 5) is 25.4. The number of rotatable bonds is 6. The van der Waals surface area contributed by atoms with Crippen LogP contribution in [0, 0.1) is 0 Å². The fourth-order valence-electron chi connectivity index (χ4n) is 4.72. The minimum atomic E-state index is -4.44. The fourth-order valence-corrected chi connectivity index (χ4v) is 6.39. The Hall–Kier alpha value is -3.00. The van der Waals surface area contributed by atoms with Gasteiger partial charge in [0, 0.05) is 11.3 Å². The van der Waals surface area contributed by atoms with Crippen LogP contribution in [-0.2, 0) is 23.8 Å². The number of carbonyl (C=O) groups is 1. The van der Waals surface area contributed by atoms with Crippen LogP contribution in [0.4, 0.5) is 13.2 Å². The molecule has 3 aromatic rings. The number of alkyl halides is 3. The molecule has 4 nitrogen and oxygen atoms in total. The number of pyridine rings is 1. The molecule has 2 aromatic carbocycles. The van der Waals surface area contributed by atoms with Crippen molar-refractivity contribution in [1.29, 1.82) is 0 Å². The van der Waals surface area contributed by atoms with E-state index < -0.39 is 29.3 Å². The zero-order valence-corrected chi connectivity index (χ0v) is 18.9. The Morgan fingerprint density at radius 3 is 2.38 bits per heavy atom. The standard InChI is InChI=1S/C26H22F3NO3S/c27-26(28,29)19-8-4-7-16(12-19)11-18-14-21(31)30-23(25(32)33)20(13-15-5-2-1-3-6-15)34-24(30)22(18)17-9-10-17/h1-8,12,14,17,20,23H,9-11,13H2,(H,32,33)/t20?,23-/m0/s1. The summed E-state index contributed by atoms with van der Waals surface area (Å²) < 4.78 is 41.0. The summed E-state index contributed by atoms with van der Waals surface area (Å²) in [5.41, 5.74) is 1.93. The predicted molar refractivity (Wildman–Crippen MR) is 123 cm³/mol. The molecule has 2 aliphatic rings. The third kappa shape index (κ3) is 4.39. The zero-order chi connectivity index (χ0) is 24.0. The highest BCUT2D eigenvalue weighted by Crippen LogP contribution is 2.51. The molecule has 34 heavy (non-hydrogen) atoms. The number of hydrogen-bond acceptors (Lipinski definition) is 3. The smallest absolute Gasteiger partial charge is 0.416 e. The largest absolute Gasteiger partial charge is 0.480 e. The first-order valence-electron chi connectivity index (χ1n) is 11.1. The molecular weight excluding hydrogens is 463 g/mol. The van der Waals surface area contributed by atoms with Gasteiger partial charge in [-0.05, 0) is 59.9 Å². The van der Waals surface area contributed by atoms with Crippen LogP contribution in [0.15, 0.2) is 70.5 Å². The molecule has 8 heteroatoms. The number of carboxylic acids is 1. The summed E-state index contributed by atoms with van der Waals surface area (Å²) in [5.74, 6) is -0.860. The molecule has 0 saturated heterocycles. The molecule has 1 aliphatic heterocycles. The van der Waals surface area contributed by atoms with Gasteiger partial charge in [0.1, 0.15) is 6.04 Å². The second-order valence-corrected chi connectivity index (χ2v) is 10.1. The third-order valence-electron chi connectivity index (χ3n) is 6.39. The lowest BCUT2D eigenvalue weighted by Gasteiger charge is -2.18. The van der Waals surface area contributed by atoms with Crippen LogP contribution < -0.4 is 5.56 Å². The van der Waals surface area contributed by atoms with Crippen LogP contribution in [0.2, 0.25) is 0 Å². The van der Waals surface area contributed by atoms with E-state index in [1.54, 1.807) is 6.07 Å². The SMILES string of the molecule is O=C(O)[C@@H]1C(Cc2ccccc2)Sc2c(C3CC3)c(Cc3cccc(C(F)(F)F)c3)cc(=O)n21. The zero-order valence-electron chi connectivity index (χ0n) is 18.1. The van der Waals surface area contributed by atoms with Gasteiger partial charge in [0.25, 0.3) is 5.56 Å². The fraction of sp³-hybridized carbons (Fsp3) is 0.308. The number of halogens is 3. The molecule has 1 aliphatic carbocycles. The number of benzene rings is 2. The second kappa shape index (κ2) is 8.65. The Labute approximate surface area is 198 Å². The van der Waals surface area contributed by atoms with Gasteiger partial charge in [0.2, 0.25) is 0 Å². The number of thioether (sulfide) groups is 1. The summed E-state index contributed by atoms with van der Waals surface area (Å²) in [7, 11) is 0. The predicted octanol–water partition coefficient (Wildman–Crippen LogP) is 5.68. The van der Waals surface area contributed by atoms with Crippen molar-refractivity contribution in [2.75, 3.05) is 0 Å². The van der Waals surface area contributed by atoms with Crippen molar-refractivity contribution in [1.82, 2.24) is 4.57 Å². The first-order valence-corrected chi connectivity index (χ1v) is 12.0. The molecule has 1 fully saturated rings. The van der Waals surface area contributed by atoms with E-state index in [1.807, 2.05) is 30.3 Å². The van der Waals surface area contributed by atoms with E-state index in [0.29, 0.717) is 22.6 Å². The molecule has 0 radical (unpaired) electrons. The monoisotopic (exact) mass is 485 g/mol. The van der Waals surface area contributed by atoms with Gasteiger partial charge in [-0.3, -0.25) is 9.36 Å². The van der Waals surface area contributed by atoms with Crippen molar-refractivity contribution in [3.63, 3.8) is 0 Å². The van der Waals surface area contributed by atoms with Crippen molar-refractivity contribution in [2.45, 2.75) is 54.1 Å². The number of aromatic nitrogens is 1. The van der Waals surface area contributed by atoms with Crippen LogP contribution in [0.3, 0.4) is 0 Å². The molecule has 1 saturated carbocycles. The van der Waals surface area contributed by atoms with E-state index in [1.165, 1.54) is 28.5 Å². The van der Waals surface area contributed by atoms with E-state index in [-0.39, 0.29) is 17.6 Å². The molecule has 0 bridgehead atoms. The van der Waals surface area contributed by atoms with E-state index in [2.05, 4.69) is 0 Å². The highest BCUT2D eigenvalue weighted by Gasteiger charge is 2.43. The molecule has 5 rings (SSSR count). The van der Waals surface area contributed by atoms with Crippen molar-refractivity contribution in [3.05, 3.63) is 98.8 Å². The van der Waals surface area contributed by atoms with Gasteiger partial charge >= 0.3 is 12.1 Å². The Bertz CT molecular complexity index is 1300. The number of carboxylic acid groups (broad SMARTS) is 1. The van der Waals surface area contributed by atoms with Gasteiger partial charge in [-0.1, -0.05) is 48.5 Å². The molecule has 2 heterocycles. The van der Waals surface area contributed by atoms with Gasteiger partial charge in [-0.25, -0.2) is 4.79 Å². The lowest BCUT2D eigenvalue weighted by atomic mass is 9.97. The summed E-state index contributed by atoms with van der Waals surface area (Å²) in [6, 6.07) is 15.1. The van der Waals surface area contributed by atoms with Crippen LogP contribution in [-0.4, -0.2) is 20.9 Å². The third-order valence-corrected chi connectivity index (χ3v) is 7.76. The first kappa shape index (κ1) is 22.8. The average Bonchev–Trinajstić information content (AvgIpc) is 3.54.